The van der Waals surface area contributed by atoms with Crippen molar-refractivity contribution in [2.45, 2.75) is 140 Å². The molecule has 1 aliphatic heterocycles. The van der Waals surface area contributed by atoms with E-state index in [1.54, 1.807) is 94.0 Å². The summed E-state index contributed by atoms with van der Waals surface area (Å²) in [6, 6.07) is 21.8. The van der Waals surface area contributed by atoms with Gasteiger partial charge >= 0.3 is 23.9 Å². The number of aromatic nitrogens is 3. The predicted octanol–water partition coefficient (Wildman–Crippen LogP) is 8.00. The molecule has 0 saturated carbocycles. The Morgan fingerprint density at radius 1 is 0.635 bits per heavy atom. The molecule has 0 N–H and O–H groups in total. The fraction of sp³-hybridized carbons (Fsp3) is 0.551. The molecular formula is C49H65N3O11. The lowest BCUT2D eigenvalue weighted by molar-refractivity contribution is -0.294. The van der Waals surface area contributed by atoms with E-state index in [9.17, 15) is 19.2 Å². The van der Waals surface area contributed by atoms with Crippen LogP contribution in [0.4, 0.5) is 0 Å². The number of esters is 4. The smallest absolute Gasteiger partial charge is 0.311 e. The number of rotatable bonds is 15. The molecule has 0 unspecified atom stereocenters. The van der Waals surface area contributed by atoms with Gasteiger partial charge in [-0.2, -0.15) is 0 Å². The van der Waals surface area contributed by atoms with E-state index in [0.717, 1.165) is 16.7 Å². The summed E-state index contributed by atoms with van der Waals surface area (Å²) in [7, 11) is 0. The van der Waals surface area contributed by atoms with Gasteiger partial charge in [-0.05, 0) is 119 Å². The standard InChI is InChI=1S/C49H65N3O11/c1-46(2,3)42(53)58-30-34-36(60-43(54)47(4,5)6)37(61-44(55)48(7,8)9)38(62-45(56)49(10,11)12)41(59-34)63-40-35-33(24-23-31-19-15-13-16-20-31)25-26-50-39(35)52(51-40)27-28-57-29-32-21-17-14-18-22-32/h13-22,25-26,34,36-38,41H,23-24,27-30H2,1-12H3/t34-,36-,37+,38-,41+/m1/s1. The topological polar surface area (TPSA) is 164 Å². The van der Waals surface area contributed by atoms with Crippen molar-refractivity contribution in [3.8, 4) is 5.88 Å². The number of carbonyl (C=O) groups is 4. The van der Waals surface area contributed by atoms with Crippen LogP contribution >= 0.6 is 0 Å². The molecule has 14 nitrogen and oxygen atoms in total. The zero-order valence-electron chi connectivity index (χ0n) is 38.9. The van der Waals surface area contributed by atoms with Crippen LogP contribution < -0.4 is 4.74 Å². The fourth-order valence-corrected chi connectivity index (χ4v) is 6.31. The summed E-state index contributed by atoms with van der Waals surface area (Å²) in [6.45, 7) is 20.7. The second kappa shape index (κ2) is 20.0. The third-order valence-corrected chi connectivity index (χ3v) is 10.1. The van der Waals surface area contributed by atoms with E-state index in [1.807, 2.05) is 54.6 Å². The molecule has 14 heteroatoms. The van der Waals surface area contributed by atoms with Crippen LogP contribution in [0.2, 0.25) is 0 Å². The second-order valence-electron chi connectivity index (χ2n) is 20.1. The summed E-state index contributed by atoms with van der Waals surface area (Å²) in [6.07, 6.45) is -4.25. The van der Waals surface area contributed by atoms with Gasteiger partial charge < -0.3 is 33.2 Å². The van der Waals surface area contributed by atoms with Crippen molar-refractivity contribution in [3.05, 3.63) is 89.6 Å². The highest BCUT2D eigenvalue weighted by Gasteiger charge is 2.56. The number of ether oxygens (including phenoxy) is 7. The lowest BCUT2D eigenvalue weighted by atomic mass is 9.93. The predicted molar refractivity (Wildman–Crippen MR) is 235 cm³/mol. The molecule has 3 heterocycles. The lowest BCUT2D eigenvalue weighted by Gasteiger charge is -2.45. The van der Waals surface area contributed by atoms with Crippen molar-refractivity contribution in [1.29, 1.82) is 0 Å². The summed E-state index contributed by atoms with van der Waals surface area (Å²) < 4.78 is 45.6. The number of benzene rings is 2. The number of fused-ring (bicyclic) bond motifs is 1. The van der Waals surface area contributed by atoms with E-state index in [1.165, 1.54) is 0 Å². The van der Waals surface area contributed by atoms with Crippen LogP contribution in [0.25, 0.3) is 11.0 Å². The number of hydrogen-bond donors (Lipinski definition) is 0. The van der Waals surface area contributed by atoms with Crippen molar-refractivity contribution in [1.82, 2.24) is 14.8 Å². The number of carbonyl (C=O) groups excluding carboxylic acids is 4. The molecule has 4 aromatic rings. The Bertz CT molecular complexity index is 2180. The fourth-order valence-electron chi connectivity index (χ4n) is 6.31. The van der Waals surface area contributed by atoms with Gasteiger partial charge in [0.05, 0.1) is 46.8 Å². The molecule has 1 saturated heterocycles. The zero-order valence-corrected chi connectivity index (χ0v) is 38.9. The summed E-state index contributed by atoms with van der Waals surface area (Å²) in [5.74, 6) is -2.46. The molecular weight excluding hydrogens is 807 g/mol. The van der Waals surface area contributed by atoms with Gasteiger partial charge in [0.25, 0.3) is 0 Å². The highest BCUT2D eigenvalue weighted by molar-refractivity contribution is 5.85. The first-order valence-electron chi connectivity index (χ1n) is 21.6. The van der Waals surface area contributed by atoms with Gasteiger partial charge in [0.1, 0.15) is 12.7 Å². The average molecular weight is 872 g/mol. The van der Waals surface area contributed by atoms with E-state index in [2.05, 4.69) is 12.1 Å². The van der Waals surface area contributed by atoms with Crippen molar-refractivity contribution in [2.75, 3.05) is 13.2 Å². The number of aryl methyl sites for hydroxylation is 2. The van der Waals surface area contributed by atoms with Gasteiger partial charge in [0, 0.05) is 6.20 Å². The van der Waals surface area contributed by atoms with Crippen LogP contribution in [0.15, 0.2) is 72.9 Å². The molecule has 1 aliphatic rings. The second-order valence-corrected chi connectivity index (χ2v) is 20.1. The summed E-state index contributed by atoms with van der Waals surface area (Å²) >= 11 is 0. The molecule has 0 spiro atoms. The highest BCUT2D eigenvalue weighted by atomic mass is 16.7. The van der Waals surface area contributed by atoms with Gasteiger partial charge in [-0.3, -0.25) is 19.2 Å². The van der Waals surface area contributed by atoms with Crippen LogP contribution in [-0.4, -0.2) is 82.6 Å². The SMILES string of the molecule is CC(C)(C)C(=O)OC[C@H]1O[C@@H](Oc2nn(CCOCc3ccccc3)c3nccc(CCc4ccccc4)c23)[C@H](OC(=O)C(C)(C)C)[C@@H](OC(=O)C(C)(C)C)[C@@H]1OC(=O)C(C)(C)C. The Morgan fingerprint density at radius 3 is 1.71 bits per heavy atom. The average Bonchev–Trinajstić information content (AvgIpc) is 3.56. The third-order valence-electron chi connectivity index (χ3n) is 10.1. The molecule has 0 radical (unpaired) electrons. The molecule has 2 aromatic carbocycles. The Hall–Kier alpha value is -5.34. The van der Waals surface area contributed by atoms with Crippen LogP contribution in [0.1, 0.15) is 99.8 Å². The van der Waals surface area contributed by atoms with Crippen LogP contribution in [0.3, 0.4) is 0 Å². The van der Waals surface area contributed by atoms with E-state index < -0.39 is 82.8 Å². The molecule has 5 rings (SSSR count). The van der Waals surface area contributed by atoms with E-state index in [4.69, 9.17) is 43.2 Å². The molecule has 63 heavy (non-hydrogen) atoms. The minimum atomic E-state index is -1.54. The minimum Gasteiger partial charge on any atom is -0.462 e. The summed E-state index contributed by atoms with van der Waals surface area (Å²) in [5, 5.41) is 5.50. The van der Waals surface area contributed by atoms with Gasteiger partial charge in [-0.1, -0.05) is 60.7 Å². The summed E-state index contributed by atoms with van der Waals surface area (Å²) in [4.78, 5) is 59.4. The Morgan fingerprint density at radius 2 is 1.16 bits per heavy atom. The molecule has 2 aromatic heterocycles. The maximum absolute atomic E-state index is 13.9. The first-order chi connectivity index (χ1) is 29.4. The van der Waals surface area contributed by atoms with Crippen molar-refractivity contribution in [2.24, 2.45) is 21.7 Å². The molecule has 342 valence electrons. The first kappa shape index (κ1) is 48.7. The first-order valence-corrected chi connectivity index (χ1v) is 21.6. The summed E-state index contributed by atoms with van der Waals surface area (Å²) in [5.41, 5.74) is -0.461. The van der Waals surface area contributed by atoms with E-state index >= 15 is 0 Å². The van der Waals surface area contributed by atoms with Crippen molar-refractivity contribution in [3.63, 3.8) is 0 Å². The highest BCUT2D eigenvalue weighted by Crippen LogP contribution is 2.37. The lowest BCUT2D eigenvalue weighted by Crippen LogP contribution is -2.65. The van der Waals surface area contributed by atoms with Crippen LogP contribution in [0.5, 0.6) is 5.88 Å². The molecule has 0 bridgehead atoms. The molecule has 0 amide bonds. The van der Waals surface area contributed by atoms with Gasteiger partial charge in [0.2, 0.25) is 18.3 Å². The largest absolute Gasteiger partial charge is 0.462 e. The van der Waals surface area contributed by atoms with Crippen molar-refractivity contribution < 1.29 is 52.3 Å². The van der Waals surface area contributed by atoms with Gasteiger partial charge in [-0.15, -0.1) is 5.10 Å². The molecule has 5 atom stereocenters. The molecule has 1 fully saturated rings. The maximum atomic E-state index is 13.9. The number of hydrogen-bond acceptors (Lipinski definition) is 13. The minimum absolute atomic E-state index is 0.0995. The van der Waals surface area contributed by atoms with Crippen LogP contribution in [-0.2, 0) is 73.6 Å². The van der Waals surface area contributed by atoms with Gasteiger partial charge in [0.15, 0.2) is 17.9 Å². The maximum Gasteiger partial charge on any atom is 0.311 e. The number of nitrogens with zero attached hydrogens (tertiary/aromatic N) is 3. The third kappa shape index (κ3) is 13.1. The quantitative estimate of drug-likeness (QED) is 0.0642. The Kier molecular flexibility index (Phi) is 15.5. The van der Waals surface area contributed by atoms with Crippen molar-refractivity contribution >= 4 is 34.9 Å². The Balaban J connectivity index is 1.63. The Labute approximate surface area is 371 Å². The van der Waals surface area contributed by atoms with Crippen LogP contribution in [0, 0.1) is 21.7 Å². The van der Waals surface area contributed by atoms with Gasteiger partial charge in [-0.25, -0.2) is 9.67 Å². The molecule has 0 aliphatic carbocycles. The van der Waals surface area contributed by atoms with E-state index in [-0.39, 0.29) is 5.88 Å². The monoisotopic (exact) mass is 871 g/mol. The zero-order chi connectivity index (χ0) is 46.3. The number of pyridine rings is 1. The van der Waals surface area contributed by atoms with E-state index in [0.29, 0.717) is 43.6 Å². The normalized spacial score (nSPS) is 19.6.